The highest BCUT2D eigenvalue weighted by atomic mass is 16.4. The first-order chi connectivity index (χ1) is 8.52. The molecular formula is C10H20N4O4. The Balaban J connectivity index is 2.33. The third-order valence-electron chi connectivity index (χ3n) is 2.78. The lowest BCUT2D eigenvalue weighted by atomic mass is 10.2. The lowest BCUT2D eigenvalue weighted by molar-refractivity contribution is -0.139. The number of piperazine rings is 1. The van der Waals surface area contributed by atoms with Gasteiger partial charge in [0.2, 0.25) is 0 Å². The molecule has 1 fully saturated rings. The van der Waals surface area contributed by atoms with Crippen molar-refractivity contribution in [2.45, 2.75) is 12.5 Å². The molecule has 1 aliphatic heterocycles. The molecule has 0 radical (unpaired) electrons. The van der Waals surface area contributed by atoms with E-state index in [0.717, 1.165) is 13.1 Å². The summed E-state index contributed by atoms with van der Waals surface area (Å²) in [6, 6.07) is -1.62. The fourth-order valence-corrected chi connectivity index (χ4v) is 1.64. The molecule has 1 aliphatic rings. The van der Waals surface area contributed by atoms with Crippen molar-refractivity contribution >= 4 is 12.0 Å². The van der Waals surface area contributed by atoms with Gasteiger partial charge < -0.3 is 20.4 Å². The van der Waals surface area contributed by atoms with Gasteiger partial charge in [-0.15, -0.1) is 0 Å². The smallest absolute Gasteiger partial charge is 0.330 e. The Morgan fingerprint density at radius 2 is 1.89 bits per heavy atom. The van der Waals surface area contributed by atoms with Gasteiger partial charge in [-0.05, 0) is 7.05 Å². The van der Waals surface area contributed by atoms with E-state index in [2.05, 4.69) is 15.6 Å². The minimum atomic E-state index is -1.16. The van der Waals surface area contributed by atoms with Gasteiger partial charge in [-0.3, -0.25) is 5.43 Å². The number of aliphatic hydroxyl groups is 1. The van der Waals surface area contributed by atoms with Crippen LogP contribution in [0.1, 0.15) is 6.42 Å². The molecule has 0 aromatic rings. The number of carboxylic acids is 1. The summed E-state index contributed by atoms with van der Waals surface area (Å²) in [7, 11) is 2.00. The average molecular weight is 260 g/mol. The predicted molar refractivity (Wildman–Crippen MR) is 63.9 cm³/mol. The van der Waals surface area contributed by atoms with Gasteiger partial charge in [0.15, 0.2) is 0 Å². The van der Waals surface area contributed by atoms with Crippen molar-refractivity contribution in [3.8, 4) is 0 Å². The number of carbonyl (C=O) groups excluding carboxylic acids is 1. The molecule has 2 amide bonds. The van der Waals surface area contributed by atoms with E-state index in [4.69, 9.17) is 10.2 Å². The van der Waals surface area contributed by atoms with E-state index in [1.54, 1.807) is 5.01 Å². The minimum Gasteiger partial charge on any atom is -0.480 e. The van der Waals surface area contributed by atoms with Crippen molar-refractivity contribution in [1.29, 1.82) is 0 Å². The van der Waals surface area contributed by atoms with Crippen LogP contribution in [0, 0.1) is 0 Å². The summed E-state index contributed by atoms with van der Waals surface area (Å²) >= 11 is 0. The number of nitrogens with one attached hydrogen (secondary N) is 2. The number of aliphatic hydroxyl groups excluding tert-OH is 1. The second kappa shape index (κ2) is 7.14. The zero-order valence-corrected chi connectivity index (χ0v) is 10.4. The number of nitrogens with zero attached hydrogens (tertiary/aromatic N) is 2. The zero-order valence-electron chi connectivity index (χ0n) is 10.4. The summed E-state index contributed by atoms with van der Waals surface area (Å²) in [5.41, 5.74) is 2.59. The molecule has 8 heteroatoms. The Bertz CT molecular complexity index is 292. The van der Waals surface area contributed by atoms with E-state index in [0.29, 0.717) is 13.1 Å². The molecular weight excluding hydrogens is 240 g/mol. The maximum atomic E-state index is 11.6. The van der Waals surface area contributed by atoms with Crippen molar-refractivity contribution in [3.63, 3.8) is 0 Å². The maximum absolute atomic E-state index is 11.6. The van der Waals surface area contributed by atoms with Gasteiger partial charge >= 0.3 is 12.0 Å². The molecule has 0 unspecified atom stereocenters. The van der Waals surface area contributed by atoms with Crippen LogP contribution in [0.15, 0.2) is 0 Å². The number of hydrogen-bond donors (Lipinski definition) is 4. The molecule has 104 valence electrons. The topological polar surface area (TPSA) is 105 Å². The fraction of sp³-hybridized carbons (Fsp3) is 0.800. The summed E-state index contributed by atoms with van der Waals surface area (Å²) in [5.74, 6) is -1.16. The predicted octanol–water partition coefficient (Wildman–Crippen LogP) is -1.72. The van der Waals surface area contributed by atoms with Crippen molar-refractivity contribution in [2.75, 3.05) is 39.8 Å². The molecule has 1 rings (SSSR count). The molecule has 0 aliphatic carbocycles. The molecule has 0 spiro atoms. The zero-order chi connectivity index (χ0) is 13.5. The molecule has 0 aromatic heterocycles. The van der Waals surface area contributed by atoms with Crippen molar-refractivity contribution in [1.82, 2.24) is 20.7 Å². The highest BCUT2D eigenvalue weighted by Gasteiger charge is 2.21. The van der Waals surface area contributed by atoms with Gasteiger partial charge in [0.1, 0.15) is 6.04 Å². The number of urea groups is 1. The van der Waals surface area contributed by atoms with Crippen molar-refractivity contribution in [2.24, 2.45) is 0 Å². The van der Waals surface area contributed by atoms with E-state index >= 15 is 0 Å². The Morgan fingerprint density at radius 3 is 2.39 bits per heavy atom. The number of rotatable bonds is 5. The van der Waals surface area contributed by atoms with Crippen LogP contribution in [0.5, 0.6) is 0 Å². The van der Waals surface area contributed by atoms with Crippen LogP contribution in [0.25, 0.3) is 0 Å². The van der Waals surface area contributed by atoms with Crippen molar-refractivity contribution in [3.05, 3.63) is 0 Å². The number of hydrogen-bond acceptors (Lipinski definition) is 5. The van der Waals surface area contributed by atoms with Crippen LogP contribution in [0.4, 0.5) is 4.79 Å². The van der Waals surface area contributed by atoms with Crippen LogP contribution in [-0.2, 0) is 4.79 Å². The van der Waals surface area contributed by atoms with Gasteiger partial charge in [0.25, 0.3) is 0 Å². The molecule has 4 N–H and O–H groups in total. The number of hydrazine groups is 1. The quantitative estimate of drug-likeness (QED) is 0.469. The first-order valence-corrected chi connectivity index (χ1v) is 5.87. The van der Waals surface area contributed by atoms with Gasteiger partial charge in [0, 0.05) is 39.2 Å². The third-order valence-corrected chi connectivity index (χ3v) is 2.78. The number of amides is 2. The largest absolute Gasteiger partial charge is 0.480 e. The lowest BCUT2D eigenvalue weighted by Crippen LogP contribution is -2.56. The fourth-order valence-electron chi connectivity index (χ4n) is 1.64. The molecule has 8 nitrogen and oxygen atoms in total. The second-order valence-electron chi connectivity index (χ2n) is 4.28. The Labute approximate surface area is 106 Å². The summed E-state index contributed by atoms with van der Waals surface area (Å²) in [4.78, 5) is 24.5. The molecule has 1 saturated heterocycles. The summed E-state index contributed by atoms with van der Waals surface area (Å²) in [6.45, 7) is 2.80. The van der Waals surface area contributed by atoms with Crippen LogP contribution in [-0.4, -0.2) is 78.0 Å². The standard InChI is InChI=1S/C10H20N4O4/c1-13-3-5-14(6-4-13)12-10(18)11-8(2-7-15)9(16)17/h8,15H,2-7H2,1H3,(H,16,17)(H2,11,12,18)/t8-/m0/s1. The van der Waals surface area contributed by atoms with Gasteiger partial charge in [0.05, 0.1) is 0 Å². The molecule has 1 atom stereocenters. The molecule has 0 bridgehead atoms. The van der Waals surface area contributed by atoms with E-state index in [9.17, 15) is 9.59 Å². The molecule has 0 aromatic carbocycles. The highest BCUT2D eigenvalue weighted by molar-refractivity contribution is 5.82. The lowest BCUT2D eigenvalue weighted by Gasteiger charge is -2.32. The highest BCUT2D eigenvalue weighted by Crippen LogP contribution is 1.96. The first kappa shape index (κ1) is 14.7. The summed E-state index contributed by atoms with van der Waals surface area (Å²) in [6.07, 6.45) is -0.00844. The van der Waals surface area contributed by atoms with E-state index in [-0.39, 0.29) is 13.0 Å². The normalized spacial score (nSPS) is 19.2. The number of carbonyl (C=O) groups is 2. The average Bonchev–Trinajstić information content (AvgIpc) is 2.31. The molecule has 18 heavy (non-hydrogen) atoms. The van der Waals surface area contributed by atoms with Crippen molar-refractivity contribution < 1.29 is 19.8 Å². The Hall–Kier alpha value is -1.38. The third kappa shape index (κ3) is 4.86. The van der Waals surface area contributed by atoms with Gasteiger partial charge in [-0.2, -0.15) is 0 Å². The monoisotopic (exact) mass is 260 g/mol. The molecule has 1 heterocycles. The van der Waals surface area contributed by atoms with E-state index in [1.807, 2.05) is 7.05 Å². The Kier molecular flexibility index (Phi) is 5.83. The van der Waals surface area contributed by atoms with Crippen LogP contribution in [0.2, 0.25) is 0 Å². The Morgan fingerprint density at radius 1 is 1.28 bits per heavy atom. The van der Waals surface area contributed by atoms with E-state index in [1.165, 1.54) is 0 Å². The SMILES string of the molecule is CN1CCN(NC(=O)N[C@@H](CCO)C(=O)O)CC1. The van der Waals surface area contributed by atoms with Gasteiger partial charge in [-0.1, -0.05) is 0 Å². The number of aliphatic carboxylic acids is 1. The van der Waals surface area contributed by atoms with Crippen LogP contribution < -0.4 is 10.7 Å². The van der Waals surface area contributed by atoms with Crippen LogP contribution in [0.3, 0.4) is 0 Å². The minimum absolute atomic E-state index is 0.00844. The van der Waals surface area contributed by atoms with Crippen LogP contribution >= 0.6 is 0 Å². The van der Waals surface area contributed by atoms with E-state index < -0.39 is 18.0 Å². The number of carboxylic acid groups (broad SMARTS) is 1. The molecule has 0 saturated carbocycles. The first-order valence-electron chi connectivity index (χ1n) is 5.87. The van der Waals surface area contributed by atoms with Gasteiger partial charge in [-0.25, -0.2) is 14.6 Å². The second-order valence-corrected chi connectivity index (χ2v) is 4.28. The maximum Gasteiger partial charge on any atom is 0.330 e. The summed E-state index contributed by atoms with van der Waals surface area (Å²) < 4.78 is 0. The summed E-state index contributed by atoms with van der Waals surface area (Å²) in [5, 5.41) is 21.6. The number of likely N-dealkylation sites (N-methyl/N-ethyl adjacent to an activating group) is 1.